The van der Waals surface area contributed by atoms with Gasteiger partial charge in [-0.15, -0.1) is 0 Å². The van der Waals surface area contributed by atoms with E-state index in [9.17, 15) is 4.79 Å². The lowest BCUT2D eigenvalue weighted by Crippen LogP contribution is -2.00. The summed E-state index contributed by atoms with van der Waals surface area (Å²) in [5.74, 6) is -0.121. The maximum absolute atomic E-state index is 11.2. The van der Waals surface area contributed by atoms with Crippen LogP contribution in [0.2, 0.25) is 0 Å². The molecule has 2 N–H and O–H groups in total. The Balaban J connectivity index is 2.25. The number of carboxylic acids is 1. The molecule has 0 aliphatic carbocycles. The molecule has 0 fully saturated rings. The Labute approximate surface area is 117 Å². The van der Waals surface area contributed by atoms with Gasteiger partial charge in [0.15, 0.2) is 0 Å². The second-order valence-corrected chi connectivity index (χ2v) is 4.52. The zero-order valence-electron chi connectivity index (χ0n) is 11.2. The van der Waals surface area contributed by atoms with E-state index in [0.29, 0.717) is 17.9 Å². The van der Waals surface area contributed by atoms with E-state index in [1.54, 1.807) is 24.3 Å². The van der Waals surface area contributed by atoms with Crippen LogP contribution < -0.4 is 4.74 Å². The Bertz CT molecular complexity index is 602. The van der Waals surface area contributed by atoms with Crippen molar-refractivity contribution in [1.29, 1.82) is 0 Å². The Morgan fingerprint density at radius 1 is 1.15 bits per heavy atom. The molecule has 0 aromatic heterocycles. The zero-order valence-corrected chi connectivity index (χ0v) is 11.2. The summed E-state index contributed by atoms with van der Waals surface area (Å²) >= 11 is 0. The number of aliphatic hydroxyl groups excluding tert-OH is 1. The van der Waals surface area contributed by atoms with Gasteiger partial charge in [0.2, 0.25) is 0 Å². The van der Waals surface area contributed by atoms with Gasteiger partial charge in [-0.3, -0.25) is 0 Å². The van der Waals surface area contributed by atoms with E-state index in [4.69, 9.17) is 14.9 Å². The van der Waals surface area contributed by atoms with Crippen LogP contribution in [0.1, 0.15) is 21.5 Å². The Morgan fingerprint density at radius 3 is 2.45 bits per heavy atom. The number of aromatic carboxylic acids is 1. The van der Waals surface area contributed by atoms with Crippen LogP contribution in [0, 0.1) is 6.92 Å². The summed E-state index contributed by atoms with van der Waals surface area (Å²) in [7, 11) is 0. The highest BCUT2D eigenvalue weighted by atomic mass is 16.5. The number of rotatable bonds is 5. The van der Waals surface area contributed by atoms with E-state index in [-0.39, 0.29) is 12.2 Å². The summed E-state index contributed by atoms with van der Waals surface area (Å²) in [6.45, 7) is 1.98. The highest BCUT2D eigenvalue weighted by Crippen LogP contribution is 2.27. The average molecular weight is 272 g/mol. The topological polar surface area (TPSA) is 66.8 Å². The normalized spacial score (nSPS) is 10.3. The van der Waals surface area contributed by atoms with Gasteiger partial charge in [-0.25, -0.2) is 4.79 Å². The van der Waals surface area contributed by atoms with E-state index in [0.717, 1.165) is 11.1 Å². The lowest BCUT2D eigenvalue weighted by Gasteiger charge is -2.10. The highest BCUT2D eigenvalue weighted by Gasteiger charge is 2.12. The van der Waals surface area contributed by atoms with Gasteiger partial charge in [0.05, 0.1) is 0 Å². The third kappa shape index (κ3) is 3.36. The molecule has 0 heterocycles. The number of hydrogen-bond acceptors (Lipinski definition) is 3. The van der Waals surface area contributed by atoms with Crippen molar-refractivity contribution in [2.75, 3.05) is 6.61 Å². The van der Waals surface area contributed by atoms with Crippen molar-refractivity contribution in [2.45, 2.75) is 13.3 Å². The number of carbonyl (C=O) groups is 1. The number of ether oxygens (including phenoxy) is 1. The number of aryl methyl sites for hydroxylation is 1. The molecule has 0 aliphatic heterocycles. The van der Waals surface area contributed by atoms with Crippen molar-refractivity contribution >= 4 is 5.97 Å². The zero-order chi connectivity index (χ0) is 14.5. The molecule has 0 bridgehead atoms. The molecule has 104 valence electrons. The van der Waals surface area contributed by atoms with E-state index in [1.165, 1.54) is 6.07 Å². The van der Waals surface area contributed by atoms with Crippen molar-refractivity contribution in [3.63, 3.8) is 0 Å². The van der Waals surface area contributed by atoms with Crippen LogP contribution in [0.15, 0.2) is 42.5 Å². The van der Waals surface area contributed by atoms with Crippen LogP contribution in [0.5, 0.6) is 11.5 Å². The van der Waals surface area contributed by atoms with Crippen LogP contribution in [0.25, 0.3) is 0 Å². The highest BCUT2D eigenvalue weighted by molar-refractivity contribution is 5.91. The minimum Gasteiger partial charge on any atom is -0.478 e. The third-order valence-corrected chi connectivity index (χ3v) is 2.92. The molecule has 2 rings (SSSR count). The second kappa shape index (κ2) is 6.21. The smallest absolute Gasteiger partial charge is 0.339 e. The molecule has 2 aromatic carbocycles. The molecule has 4 nitrogen and oxygen atoms in total. The molecule has 0 aliphatic rings. The van der Waals surface area contributed by atoms with Gasteiger partial charge in [0.25, 0.3) is 0 Å². The van der Waals surface area contributed by atoms with Crippen molar-refractivity contribution < 1.29 is 19.7 Å². The second-order valence-electron chi connectivity index (χ2n) is 4.52. The maximum atomic E-state index is 11.2. The summed E-state index contributed by atoms with van der Waals surface area (Å²) in [5.41, 5.74) is 2.07. The first-order chi connectivity index (χ1) is 9.60. The first-order valence-corrected chi connectivity index (χ1v) is 6.32. The molecular formula is C16H16O4. The van der Waals surface area contributed by atoms with Crippen LogP contribution in [-0.2, 0) is 6.42 Å². The van der Waals surface area contributed by atoms with Gasteiger partial charge >= 0.3 is 5.97 Å². The Hall–Kier alpha value is -2.33. The van der Waals surface area contributed by atoms with Crippen LogP contribution >= 0.6 is 0 Å². The quantitative estimate of drug-likeness (QED) is 0.878. The number of aliphatic hydroxyl groups is 1. The summed E-state index contributed by atoms with van der Waals surface area (Å²) < 4.78 is 5.64. The van der Waals surface area contributed by atoms with Gasteiger partial charge in [-0.1, -0.05) is 18.2 Å². The molecule has 4 heteroatoms. The minimum atomic E-state index is -1.02. The average Bonchev–Trinajstić information content (AvgIpc) is 2.41. The molecule has 0 spiro atoms. The first-order valence-electron chi connectivity index (χ1n) is 6.32. The van der Waals surface area contributed by atoms with Crippen LogP contribution in [0.3, 0.4) is 0 Å². The predicted octanol–water partition coefficient (Wildman–Crippen LogP) is 3.02. The fourth-order valence-corrected chi connectivity index (χ4v) is 1.87. The molecule has 0 saturated carbocycles. The van der Waals surface area contributed by atoms with Crippen molar-refractivity contribution in [2.24, 2.45) is 0 Å². The maximum Gasteiger partial charge on any atom is 0.339 e. The molecule has 2 aromatic rings. The largest absolute Gasteiger partial charge is 0.478 e. The molecular weight excluding hydrogens is 256 g/mol. The molecule has 0 radical (unpaired) electrons. The van der Waals surface area contributed by atoms with Crippen LogP contribution in [0.4, 0.5) is 0 Å². The van der Waals surface area contributed by atoms with E-state index in [2.05, 4.69) is 0 Å². The van der Waals surface area contributed by atoms with Gasteiger partial charge < -0.3 is 14.9 Å². The summed E-state index contributed by atoms with van der Waals surface area (Å²) in [5, 5.41) is 18.0. The Kier molecular flexibility index (Phi) is 4.38. The number of carboxylic acid groups (broad SMARTS) is 1. The fourth-order valence-electron chi connectivity index (χ4n) is 1.87. The summed E-state index contributed by atoms with van der Waals surface area (Å²) in [6.07, 6.45) is 0.588. The fraction of sp³-hybridized carbons (Fsp3) is 0.188. The number of benzene rings is 2. The van der Waals surface area contributed by atoms with E-state index >= 15 is 0 Å². The van der Waals surface area contributed by atoms with E-state index < -0.39 is 5.97 Å². The molecule has 0 amide bonds. The van der Waals surface area contributed by atoms with Gasteiger partial charge in [0, 0.05) is 6.61 Å². The van der Waals surface area contributed by atoms with Crippen LogP contribution in [-0.4, -0.2) is 22.8 Å². The summed E-state index contributed by atoms with van der Waals surface area (Å²) in [6, 6.07) is 12.2. The summed E-state index contributed by atoms with van der Waals surface area (Å²) in [4.78, 5) is 11.2. The standard InChI is InChI=1S/C16H16O4/c1-11-2-7-14(16(18)19)15(10-11)20-13-5-3-12(4-6-13)8-9-17/h2-7,10,17H,8-9H2,1H3,(H,18,19). The molecule has 20 heavy (non-hydrogen) atoms. The monoisotopic (exact) mass is 272 g/mol. The van der Waals surface area contributed by atoms with Gasteiger partial charge in [0.1, 0.15) is 17.1 Å². The Morgan fingerprint density at radius 2 is 1.85 bits per heavy atom. The lowest BCUT2D eigenvalue weighted by atomic mass is 10.1. The van der Waals surface area contributed by atoms with Gasteiger partial charge in [-0.2, -0.15) is 0 Å². The van der Waals surface area contributed by atoms with Gasteiger partial charge in [-0.05, 0) is 48.7 Å². The first kappa shape index (κ1) is 14.1. The molecule has 0 atom stereocenters. The SMILES string of the molecule is Cc1ccc(C(=O)O)c(Oc2ccc(CCO)cc2)c1. The molecule has 0 unspecified atom stereocenters. The van der Waals surface area contributed by atoms with Crippen molar-refractivity contribution in [1.82, 2.24) is 0 Å². The minimum absolute atomic E-state index is 0.0985. The van der Waals surface area contributed by atoms with Crippen molar-refractivity contribution in [3.8, 4) is 11.5 Å². The third-order valence-electron chi connectivity index (χ3n) is 2.92. The number of hydrogen-bond donors (Lipinski definition) is 2. The molecule has 0 saturated heterocycles. The van der Waals surface area contributed by atoms with E-state index in [1.807, 2.05) is 19.1 Å². The van der Waals surface area contributed by atoms with Crippen molar-refractivity contribution in [3.05, 3.63) is 59.2 Å². The lowest BCUT2D eigenvalue weighted by molar-refractivity contribution is 0.0694. The predicted molar refractivity (Wildman–Crippen MR) is 75.4 cm³/mol.